The quantitative estimate of drug-likeness (QED) is 0.0264. The molecule has 2 atom stereocenters. The zero-order valence-corrected chi connectivity index (χ0v) is 46.6. The van der Waals surface area contributed by atoms with E-state index in [4.69, 9.17) is 24.3 Å². The average Bonchev–Trinajstić information content (AvgIpc) is 3.36. The van der Waals surface area contributed by atoms with E-state index in [1.54, 1.807) is 0 Å². The van der Waals surface area contributed by atoms with Crippen LogP contribution >= 0.6 is 7.82 Å². The predicted octanol–water partition coefficient (Wildman–Crippen LogP) is 18.3. The molecule has 0 aliphatic rings. The minimum absolute atomic E-state index is 0.0492. The summed E-state index contributed by atoms with van der Waals surface area (Å²) < 4.78 is 33.0. The van der Waals surface area contributed by atoms with Crippen LogP contribution < -0.4 is 5.73 Å². The van der Waals surface area contributed by atoms with Crippen molar-refractivity contribution in [3.63, 3.8) is 0 Å². The van der Waals surface area contributed by atoms with Gasteiger partial charge in [0.25, 0.3) is 0 Å². The highest BCUT2D eigenvalue weighted by Gasteiger charge is 2.26. The number of hydrogen-bond acceptors (Lipinski definition) is 8. The first kappa shape index (κ1) is 68.2. The first-order valence-corrected chi connectivity index (χ1v) is 30.6. The van der Waals surface area contributed by atoms with Gasteiger partial charge in [-0.15, -0.1) is 0 Å². The van der Waals surface area contributed by atoms with Crippen molar-refractivity contribution in [2.24, 2.45) is 5.73 Å². The molecule has 0 aromatic carbocycles. The lowest BCUT2D eigenvalue weighted by molar-refractivity contribution is -0.161. The lowest BCUT2D eigenvalue weighted by Gasteiger charge is -2.19. The maximum absolute atomic E-state index is 12.7. The molecule has 0 fully saturated rings. The van der Waals surface area contributed by atoms with Crippen molar-refractivity contribution >= 4 is 19.8 Å². The summed E-state index contributed by atoms with van der Waals surface area (Å²) in [5, 5.41) is 0. The number of hydrogen-bond donors (Lipinski definition) is 2. The summed E-state index contributed by atoms with van der Waals surface area (Å²) in [6.45, 7) is 3.63. The number of carbonyl (C=O) groups excluding carboxylic acids is 2. The molecule has 0 saturated carbocycles. The summed E-state index contributed by atoms with van der Waals surface area (Å²) >= 11 is 0. The Hall–Kier alpha value is -2.81. The molecule has 9 nitrogen and oxygen atoms in total. The molecule has 410 valence electrons. The van der Waals surface area contributed by atoms with Gasteiger partial charge in [0, 0.05) is 19.4 Å². The van der Waals surface area contributed by atoms with Crippen LogP contribution in [0, 0.1) is 0 Å². The average molecular weight is 1010 g/mol. The molecule has 0 bridgehead atoms. The topological polar surface area (TPSA) is 134 Å². The number of rotatable bonds is 54. The summed E-state index contributed by atoms with van der Waals surface area (Å²) in [5.41, 5.74) is 5.38. The monoisotopic (exact) mass is 1010 g/mol. The van der Waals surface area contributed by atoms with Crippen LogP contribution in [0.3, 0.4) is 0 Å². The van der Waals surface area contributed by atoms with E-state index in [0.29, 0.717) is 6.42 Å². The van der Waals surface area contributed by atoms with Crippen LogP contribution in [0.15, 0.2) is 85.1 Å². The van der Waals surface area contributed by atoms with Gasteiger partial charge < -0.3 is 20.1 Å². The minimum atomic E-state index is -4.39. The van der Waals surface area contributed by atoms with Crippen molar-refractivity contribution < 1.29 is 37.6 Å². The standard InChI is InChI=1S/C61H108NO8P/c1-3-5-7-9-11-13-15-17-19-21-23-25-27-28-29-30-32-34-36-38-40-42-44-46-48-50-52-54-61(64)70-59(58-69-71(65,66)68-56-55-62)57-67-60(63)53-51-49-47-45-43-41-39-37-35-33-31-26-24-22-20-18-16-14-12-10-8-6-4-2/h5,7,11,13,16-19,22-25,31,33,59H,3-4,6,8-10,12,14-15,20-21,26-30,32,34-58,62H2,1-2H3,(H,65,66)/b7-5-,13-11-,18-16-,19-17-,24-22-,25-23-,33-31-. The van der Waals surface area contributed by atoms with Crippen molar-refractivity contribution in [2.75, 3.05) is 26.4 Å². The van der Waals surface area contributed by atoms with Crippen LogP contribution in [0.2, 0.25) is 0 Å². The maximum Gasteiger partial charge on any atom is 0.472 e. The van der Waals surface area contributed by atoms with Crippen molar-refractivity contribution in [3.05, 3.63) is 85.1 Å². The van der Waals surface area contributed by atoms with Gasteiger partial charge in [-0.25, -0.2) is 4.57 Å². The highest BCUT2D eigenvalue weighted by molar-refractivity contribution is 7.47. The molecule has 3 N–H and O–H groups in total. The lowest BCUT2D eigenvalue weighted by atomic mass is 10.0. The molecular formula is C61H108NO8P. The minimum Gasteiger partial charge on any atom is -0.462 e. The van der Waals surface area contributed by atoms with Crippen molar-refractivity contribution in [1.82, 2.24) is 0 Å². The van der Waals surface area contributed by atoms with Gasteiger partial charge in [0.1, 0.15) is 6.61 Å². The summed E-state index contributed by atoms with van der Waals surface area (Å²) in [4.78, 5) is 35.2. The number of nitrogens with two attached hydrogens (primary N) is 1. The molecule has 0 aromatic rings. The molecule has 0 saturated heterocycles. The van der Waals surface area contributed by atoms with E-state index in [-0.39, 0.29) is 38.6 Å². The largest absolute Gasteiger partial charge is 0.472 e. The summed E-state index contributed by atoms with van der Waals surface area (Å²) in [6.07, 6.45) is 73.4. The fraction of sp³-hybridized carbons (Fsp3) is 0.738. The van der Waals surface area contributed by atoms with E-state index < -0.39 is 26.5 Å². The Kier molecular flexibility index (Phi) is 54.2. The first-order chi connectivity index (χ1) is 34.8. The van der Waals surface area contributed by atoms with Crippen molar-refractivity contribution in [3.8, 4) is 0 Å². The molecule has 10 heteroatoms. The fourth-order valence-electron chi connectivity index (χ4n) is 7.99. The molecule has 0 rings (SSSR count). The van der Waals surface area contributed by atoms with E-state index in [2.05, 4.69) is 98.9 Å². The molecule has 0 heterocycles. The number of esters is 2. The Labute approximate surface area is 436 Å². The summed E-state index contributed by atoms with van der Waals surface area (Å²) in [6, 6.07) is 0. The van der Waals surface area contributed by atoms with E-state index in [1.807, 2.05) is 0 Å². The van der Waals surface area contributed by atoms with Crippen LogP contribution in [0.5, 0.6) is 0 Å². The summed E-state index contributed by atoms with van der Waals surface area (Å²) in [7, 11) is -4.39. The number of allylic oxidation sites excluding steroid dienone is 14. The number of unbranched alkanes of at least 4 members (excludes halogenated alkanes) is 27. The van der Waals surface area contributed by atoms with Crippen molar-refractivity contribution in [2.45, 2.75) is 264 Å². The van der Waals surface area contributed by atoms with Crippen molar-refractivity contribution in [1.29, 1.82) is 0 Å². The van der Waals surface area contributed by atoms with E-state index >= 15 is 0 Å². The Morgan fingerprint density at radius 1 is 0.437 bits per heavy atom. The molecule has 0 spiro atoms. The van der Waals surface area contributed by atoms with Crippen LogP contribution in [0.4, 0.5) is 0 Å². The van der Waals surface area contributed by atoms with Gasteiger partial charge in [-0.05, 0) is 89.9 Å². The zero-order chi connectivity index (χ0) is 51.7. The third-order valence-corrected chi connectivity index (χ3v) is 13.2. The van der Waals surface area contributed by atoms with Gasteiger partial charge in [-0.3, -0.25) is 18.6 Å². The third kappa shape index (κ3) is 56.3. The molecule has 2 unspecified atom stereocenters. The lowest BCUT2D eigenvalue weighted by Crippen LogP contribution is -2.29. The second kappa shape index (κ2) is 56.5. The predicted molar refractivity (Wildman–Crippen MR) is 302 cm³/mol. The second-order valence-electron chi connectivity index (χ2n) is 19.1. The molecule has 71 heavy (non-hydrogen) atoms. The Morgan fingerprint density at radius 3 is 1.15 bits per heavy atom. The van der Waals surface area contributed by atoms with E-state index in [0.717, 1.165) is 89.9 Å². The van der Waals surface area contributed by atoms with Crippen LogP contribution in [-0.2, 0) is 32.7 Å². The van der Waals surface area contributed by atoms with Gasteiger partial charge in [0.15, 0.2) is 6.10 Å². The number of phosphoric acid groups is 1. The fourth-order valence-corrected chi connectivity index (χ4v) is 8.75. The van der Waals surface area contributed by atoms with Crippen LogP contribution in [0.1, 0.15) is 258 Å². The molecule has 0 amide bonds. The summed E-state index contributed by atoms with van der Waals surface area (Å²) in [5.74, 6) is -0.834. The molecule has 0 aliphatic carbocycles. The SMILES string of the molecule is CC/C=C\C/C=C\C/C=C\C/C=C\CCCCCCCCCCCCCCCCC(=O)OC(COC(=O)CCCCCCCCCC/C=C\C/C=C\C/C=C\CCCCCCC)COP(=O)(O)OCCN. The smallest absolute Gasteiger partial charge is 0.462 e. The van der Waals surface area contributed by atoms with Gasteiger partial charge in [-0.2, -0.15) is 0 Å². The first-order valence-electron chi connectivity index (χ1n) is 29.1. The third-order valence-electron chi connectivity index (χ3n) is 12.3. The number of ether oxygens (including phenoxy) is 2. The molecule has 0 radical (unpaired) electrons. The molecule has 0 aromatic heterocycles. The molecule has 0 aliphatic heterocycles. The Balaban J connectivity index is 3.99. The maximum atomic E-state index is 12.7. The van der Waals surface area contributed by atoms with Gasteiger partial charge in [-0.1, -0.05) is 240 Å². The highest BCUT2D eigenvalue weighted by atomic mass is 31.2. The van der Waals surface area contributed by atoms with Crippen LogP contribution in [-0.4, -0.2) is 49.3 Å². The van der Waals surface area contributed by atoms with Gasteiger partial charge >= 0.3 is 19.8 Å². The Bertz CT molecular complexity index is 1440. The van der Waals surface area contributed by atoms with E-state index in [9.17, 15) is 19.0 Å². The zero-order valence-electron chi connectivity index (χ0n) is 45.7. The van der Waals surface area contributed by atoms with E-state index in [1.165, 1.54) is 135 Å². The van der Waals surface area contributed by atoms with Gasteiger partial charge in [0.2, 0.25) is 0 Å². The second-order valence-corrected chi connectivity index (χ2v) is 20.6. The highest BCUT2D eigenvalue weighted by Crippen LogP contribution is 2.43. The normalized spacial score (nSPS) is 13.7. The molecular weight excluding hydrogens is 906 g/mol. The van der Waals surface area contributed by atoms with Crippen LogP contribution in [0.25, 0.3) is 0 Å². The Morgan fingerprint density at radius 2 is 0.775 bits per heavy atom. The van der Waals surface area contributed by atoms with Gasteiger partial charge in [0.05, 0.1) is 13.2 Å². The number of phosphoric ester groups is 1. The number of carbonyl (C=O) groups is 2.